The van der Waals surface area contributed by atoms with Gasteiger partial charge in [-0.3, -0.25) is 9.36 Å². The van der Waals surface area contributed by atoms with E-state index in [0.717, 1.165) is 15.0 Å². The van der Waals surface area contributed by atoms with Crippen molar-refractivity contribution >= 4 is 49.9 Å². The summed E-state index contributed by atoms with van der Waals surface area (Å²) in [4.78, 5) is 17.3. The predicted octanol–water partition coefficient (Wildman–Crippen LogP) is 3.03. The second kappa shape index (κ2) is 4.97. The van der Waals surface area contributed by atoms with Gasteiger partial charge in [-0.25, -0.2) is 4.98 Å². The minimum atomic E-state index is 0.0217. The molecule has 84 valence electrons. The third kappa shape index (κ3) is 2.38. The lowest BCUT2D eigenvalue weighted by Gasteiger charge is -2.05. The number of thiophene rings is 1. The van der Waals surface area contributed by atoms with Crippen molar-refractivity contribution in [3.05, 3.63) is 46.7 Å². The van der Waals surface area contributed by atoms with Gasteiger partial charge < -0.3 is 0 Å². The van der Waals surface area contributed by atoms with Gasteiger partial charge in [0.15, 0.2) is 0 Å². The largest absolute Gasteiger partial charge is 0.293 e. The van der Waals surface area contributed by atoms with Crippen LogP contribution in [0.15, 0.2) is 27.0 Å². The van der Waals surface area contributed by atoms with Gasteiger partial charge in [0.25, 0.3) is 5.56 Å². The van der Waals surface area contributed by atoms with Crippen LogP contribution in [0.4, 0.5) is 0 Å². The lowest BCUT2D eigenvalue weighted by Crippen LogP contribution is -2.24. The van der Waals surface area contributed by atoms with Crippen LogP contribution in [0.3, 0.4) is 0 Å². The molecule has 6 heteroatoms. The van der Waals surface area contributed by atoms with E-state index in [1.807, 2.05) is 41.0 Å². The first-order valence-corrected chi connectivity index (χ1v) is 7.28. The average molecular weight is 411 g/mol. The molecule has 2 heterocycles. The fraction of sp³-hybridized carbons (Fsp3) is 0.200. The number of aromatic nitrogens is 2. The number of halogens is 2. The number of hydrogen-bond donors (Lipinski definition) is 0. The smallest absolute Gasteiger partial charge is 0.267 e. The molecule has 0 atom stereocenters. The molecular formula is C10H8BrIN2OS. The van der Waals surface area contributed by atoms with Crippen LogP contribution in [-0.4, -0.2) is 9.55 Å². The van der Waals surface area contributed by atoms with E-state index < -0.39 is 0 Å². The molecule has 0 saturated heterocycles. The first-order chi connectivity index (χ1) is 7.59. The van der Waals surface area contributed by atoms with Crippen molar-refractivity contribution < 1.29 is 0 Å². The Hall–Kier alpha value is -0.210. The lowest BCUT2D eigenvalue weighted by molar-refractivity contribution is 0.730. The fourth-order valence-electron chi connectivity index (χ4n) is 1.25. The summed E-state index contributed by atoms with van der Waals surface area (Å²) in [7, 11) is 0. The fourth-order valence-corrected chi connectivity index (χ4v) is 3.18. The Morgan fingerprint density at radius 1 is 1.62 bits per heavy atom. The Balaban J connectivity index is 2.40. The average Bonchev–Trinajstić information content (AvgIpc) is 2.65. The molecule has 0 aliphatic heterocycles. The Kier molecular flexibility index (Phi) is 3.81. The zero-order chi connectivity index (χ0) is 11.7. The van der Waals surface area contributed by atoms with E-state index in [9.17, 15) is 4.79 Å². The maximum atomic E-state index is 11.9. The van der Waals surface area contributed by atoms with Gasteiger partial charge in [0.1, 0.15) is 0 Å². The van der Waals surface area contributed by atoms with Gasteiger partial charge in [-0.2, -0.15) is 0 Å². The number of hydrogen-bond acceptors (Lipinski definition) is 3. The van der Waals surface area contributed by atoms with Crippen LogP contribution in [0.2, 0.25) is 0 Å². The Bertz CT molecular complexity index is 578. The normalized spacial score (nSPS) is 10.7. The topological polar surface area (TPSA) is 34.9 Å². The van der Waals surface area contributed by atoms with E-state index in [1.54, 1.807) is 22.2 Å². The third-order valence-corrected chi connectivity index (χ3v) is 5.32. The first kappa shape index (κ1) is 12.3. The third-order valence-electron chi connectivity index (χ3n) is 2.16. The van der Waals surface area contributed by atoms with E-state index in [2.05, 4.69) is 20.9 Å². The molecule has 2 aromatic rings. The highest BCUT2D eigenvalue weighted by molar-refractivity contribution is 14.1. The lowest BCUT2D eigenvalue weighted by atomic mass is 10.4. The summed E-state index contributed by atoms with van der Waals surface area (Å²) in [5, 5.41) is 2.00. The van der Waals surface area contributed by atoms with Gasteiger partial charge in [-0.05, 0) is 56.9 Å². The van der Waals surface area contributed by atoms with Crippen molar-refractivity contribution in [3.8, 4) is 0 Å². The minimum absolute atomic E-state index is 0.0217. The SMILES string of the molecule is Cc1ncn(Cc2sccc2Br)c(=O)c1I. The standard InChI is InChI=1S/C10H8BrIN2OS/c1-6-9(12)10(15)14(5-13-6)4-8-7(11)2-3-16-8/h2-3,5H,4H2,1H3. The Morgan fingerprint density at radius 3 is 3.00 bits per heavy atom. The van der Waals surface area contributed by atoms with Gasteiger partial charge >= 0.3 is 0 Å². The van der Waals surface area contributed by atoms with Crippen LogP contribution in [0.25, 0.3) is 0 Å². The van der Waals surface area contributed by atoms with Crippen molar-refractivity contribution in [2.75, 3.05) is 0 Å². The van der Waals surface area contributed by atoms with Crippen LogP contribution < -0.4 is 5.56 Å². The van der Waals surface area contributed by atoms with Gasteiger partial charge in [0, 0.05) is 9.35 Å². The summed E-state index contributed by atoms with van der Waals surface area (Å²) < 4.78 is 3.36. The van der Waals surface area contributed by atoms with Crippen molar-refractivity contribution in [1.29, 1.82) is 0 Å². The molecule has 0 aliphatic rings. The van der Waals surface area contributed by atoms with E-state index in [1.165, 1.54) is 0 Å². The van der Waals surface area contributed by atoms with E-state index in [4.69, 9.17) is 0 Å². The van der Waals surface area contributed by atoms with Crippen LogP contribution in [0.1, 0.15) is 10.6 Å². The van der Waals surface area contributed by atoms with Crippen LogP contribution in [-0.2, 0) is 6.54 Å². The van der Waals surface area contributed by atoms with Crippen LogP contribution >= 0.6 is 49.9 Å². The summed E-state index contributed by atoms with van der Waals surface area (Å²) in [6.45, 7) is 2.41. The second-order valence-electron chi connectivity index (χ2n) is 3.27. The highest BCUT2D eigenvalue weighted by atomic mass is 127. The summed E-state index contributed by atoms with van der Waals surface area (Å²) in [6, 6.07) is 1.98. The van der Waals surface area contributed by atoms with E-state index in [-0.39, 0.29) is 5.56 Å². The Morgan fingerprint density at radius 2 is 2.38 bits per heavy atom. The van der Waals surface area contributed by atoms with Gasteiger partial charge in [0.2, 0.25) is 0 Å². The maximum absolute atomic E-state index is 11.9. The summed E-state index contributed by atoms with van der Waals surface area (Å²) >= 11 is 7.12. The molecule has 0 aromatic carbocycles. The molecule has 0 unspecified atom stereocenters. The molecular weight excluding hydrogens is 403 g/mol. The van der Waals surface area contributed by atoms with E-state index >= 15 is 0 Å². The number of aryl methyl sites for hydroxylation is 1. The quantitative estimate of drug-likeness (QED) is 0.713. The molecule has 0 N–H and O–H groups in total. The van der Waals surface area contributed by atoms with Crippen molar-refractivity contribution in [1.82, 2.24) is 9.55 Å². The van der Waals surface area contributed by atoms with Gasteiger partial charge in [0.05, 0.1) is 22.1 Å². The zero-order valence-electron chi connectivity index (χ0n) is 8.41. The van der Waals surface area contributed by atoms with Crippen molar-refractivity contribution in [2.45, 2.75) is 13.5 Å². The summed E-state index contributed by atoms with van der Waals surface area (Å²) in [6.07, 6.45) is 1.60. The zero-order valence-corrected chi connectivity index (χ0v) is 13.0. The van der Waals surface area contributed by atoms with E-state index in [0.29, 0.717) is 10.1 Å². The predicted molar refractivity (Wildman–Crippen MR) is 77.1 cm³/mol. The maximum Gasteiger partial charge on any atom is 0.267 e. The molecule has 0 radical (unpaired) electrons. The molecule has 2 aromatic heterocycles. The van der Waals surface area contributed by atoms with Crippen LogP contribution in [0.5, 0.6) is 0 Å². The molecule has 2 rings (SSSR count). The molecule has 16 heavy (non-hydrogen) atoms. The van der Waals surface area contributed by atoms with Gasteiger partial charge in [-0.15, -0.1) is 11.3 Å². The highest BCUT2D eigenvalue weighted by Gasteiger charge is 2.08. The van der Waals surface area contributed by atoms with Crippen molar-refractivity contribution in [3.63, 3.8) is 0 Å². The van der Waals surface area contributed by atoms with Gasteiger partial charge in [-0.1, -0.05) is 0 Å². The van der Waals surface area contributed by atoms with Crippen molar-refractivity contribution in [2.24, 2.45) is 0 Å². The van der Waals surface area contributed by atoms with Crippen LogP contribution in [0, 0.1) is 10.5 Å². The molecule has 3 nitrogen and oxygen atoms in total. The highest BCUT2D eigenvalue weighted by Crippen LogP contribution is 2.23. The minimum Gasteiger partial charge on any atom is -0.293 e. The number of rotatable bonds is 2. The molecule has 0 amide bonds. The molecule has 0 bridgehead atoms. The summed E-state index contributed by atoms with van der Waals surface area (Å²) in [5.41, 5.74) is 0.806. The second-order valence-corrected chi connectivity index (χ2v) is 6.20. The monoisotopic (exact) mass is 410 g/mol. The first-order valence-electron chi connectivity index (χ1n) is 4.53. The molecule has 0 spiro atoms. The molecule has 0 aliphatic carbocycles. The Labute approximate surface area is 119 Å². The number of nitrogens with zero attached hydrogens (tertiary/aromatic N) is 2. The molecule has 0 saturated carbocycles. The molecule has 0 fully saturated rings. The summed E-state index contributed by atoms with van der Waals surface area (Å²) in [5.74, 6) is 0.